The Bertz CT molecular complexity index is 481. The van der Waals surface area contributed by atoms with E-state index in [2.05, 4.69) is 0 Å². The molecule has 1 fully saturated rings. The van der Waals surface area contributed by atoms with Gasteiger partial charge in [0.15, 0.2) is 0 Å². The van der Waals surface area contributed by atoms with E-state index in [0.29, 0.717) is 19.8 Å². The van der Waals surface area contributed by atoms with Crippen LogP contribution in [-0.2, 0) is 30.4 Å². The fourth-order valence-electron chi connectivity index (χ4n) is 1.70. The SMILES string of the molecule is CS(=O)(=O)OC[C@@H](COCc1ccccc1)[C@@H]1CO1. The van der Waals surface area contributed by atoms with E-state index in [0.717, 1.165) is 11.8 Å². The molecule has 0 spiro atoms. The average Bonchev–Trinajstić information content (AvgIpc) is 3.18. The highest BCUT2D eigenvalue weighted by molar-refractivity contribution is 7.85. The first-order chi connectivity index (χ1) is 9.04. The number of epoxide rings is 1. The maximum Gasteiger partial charge on any atom is 0.264 e. The Morgan fingerprint density at radius 1 is 1.32 bits per heavy atom. The fraction of sp³-hybridized carbons (Fsp3) is 0.538. The molecule has 1 aliphatic heterocycles. The summed E-state index contributed by atoms with van der Waals surface area (Å²) in [5.74, 6) is -0.0431. The maximum atomic E-state index is 11.0. The van der Waals surface area contributed by atoms with Crippen molar-refractivity contribution < 1.29 is 22.1 Å². The standard InChI is InChI=1S/C13H18O5S/c1-19(14,15)18-9-12(13-10-17-13)8-16-7-11-5-3-2-4-6-11/h2-6,12-13H,7-10H2,1H3/t12-,13+/m1/s1. The molecule has 1 aliphatic rings. The minimum Gasteiger partial charge on any atom is -0.376 e. The predicted octanol–water partition coefficient (Wildman–Crippen LogP) is 1.19. The first-order valence-corrected chi connectivity index (χ1v) is 7.94. The van der Waals surface area contributed by atoms with Crippen LogP contribution in [0.1, 0.15) is 5.56 Å². The summed E-state index contributed by atoms with van der Waals surface area (Å²) in [6.07, 6.45) is 1.10. The topological polar surface area (TPSA) is 65.1 Å². The van der Waals surface area contributed by atoms with E-state index in [1.54, 1.807) is 0 Å². The maximum absolute atomic E-state index is 11.0. The Kier molecular flexibility index (Phi) is 4.93. The summed E-state index contributed by atoms with van der Waals surface area (Å²) >= 11 is 0. The Labute approximate surface area is 113 Å². The van der Waals surface area contributed by atoms with E-state index >= 15 is 0 Å². The molecule has 106 valence electrons. The number of hydrogen-bond donors (Lipinski definition) is 0. The zero-order chi connectivity index (χ0) is 13.7. The van der Waals surface area contributed by atoms with Crippen molar-refractivity contribution in [2.75, 3.05) is 26.1 Å². The third kappa shape index (κ3) is 5.69. The average molecular weight is 286 g/mol. The summed E-state index contributed by atoms with van der Waals surface area (Å²) < 4.78 is 37.5. The molecule has 2 atom stereocenters. The number of benzene rings is 1. The predicted molar refractivity (Wildman–Crippen MR) is 70.1 cm³/mol. The van der Waals surface area contributed by atoms with Crippen molar-refractivity contribution in [1.82, 2.24) is 0 Å². The lowest BCUT2D eigenvalue weighted by molar-refractivity contribution is 0.0576. The molecule has 1 heterocycles. The van der Waals surface area contributed by atoms with Gasteiger partial charge in [-0.1, -0.05) is 30.3 Å². The van der Waals surface area contributed by atoms with Gasteiger partial charge in [0.05, 0.1) is 38.8 Å². The lowest BCUT2D eigenvalue weighted by Gasteiger charge is -2.14. The van der Waals surface area contributed by atoms with Crippen LogP contribution >= 0.6 is 0 Å². The highest BCUT2D eigenvalue weighted by Gasteiger charge is 2.33. The zero-order valence-electron chi connectivity index (χ0n) is 10.8. The third-order valence-electron chi connectivity index (χ3n) is 2.82. The normalized spacial score (nSPS) is 20.2. The molecular formula is C13H18O5S. The van der Waals surface area contributed by atoms with Gasteiger partial charge in [0.2, 0.25) is 0 Å². The summed E-state index contributed by atoms with van der Waals surface area (Å²) in [4.78, 5) is 0. The first-order valence-electron chi connectivity index (χ1n) is 6.12. The highest BCUT2D eigenvalue weighted by Crippen LogP contribution is 2.22. The molecule has 0 unspecified atom stereocenters. The molecule has 0 aliphatic carbocycles. The molecule has 1 aromatic carbocycles. The molecule has 0 amide bonds. The van der Waals surface area contributed by atoms with Gasteiger partial charge in [0, 0.05) is 5.92 Å². The Balaban J connectivity index is 1.75. The Morgan fingerprint density at radius 3 is 2.58 bits per heavy atom. The van der Waals surface area contributed by atoms with E-state index in [1.807, 2.05) is 30.3 Å². The summed E-state index contributed by atoms with van der Waals surface area (Å²) in [5, 5.41) is 0. The Hall–Kier alpha value is -0.950. The van der Waals surface area contributed by atoms with Crippen LogP contribution in [-0.4, -0.2) is 40.6 Å². The van der Waals surface area contributed by atoms with Gasteiger partial charge in [-0.05, 0) is 5.56 Å². The van der Waals surface area contributed by atoms with E-state index in [9.17, 15) is 8.42 Å². The molecule has 19 heavy (non-hydrogen) atoms. The van der Waals surface area contributed by atoms with E-state index in [-0.39, 0.29) is 18.6 Å². The second-order valence-corrected chi connectivity index (χ2v) is 6.27. The van der Waals surface area contributed by atoms with Crippen molar-refractivity contribution >= 4 is 10.1 Å². The molecule has 2 rings (SSSR count). The molecular weight excluding hydrogens is 268 g/mol. The largest absolute Gasteiger partial charge is 0.376 e. The van der Waals surface area contributed by atoms with E-state index in [4.69, 9.17) is 13.7 Å². The zero-order valence-corrected chi connectivity index (χ0v) is 11.6. The fourth-order valence-corrected chi connectivity index (χ4v) is 2.13. The van der Waals surface area contributed by atoms with Crippen molar-refractivity contribution in [3.8, 4) is 0 Å². The molecule has 0 saturated carbocycles. The lowest BCUT2D eigenvalue weighted by Crippen LogP contribution is -2.23. The van der Waals surface area contributed by atoms with E-state index in [1.165, 1.54) is 0 Å². The van der Waals surface area contributed by atoms with Gasteiger partial charge < -0.3 is 9.47 Å². The van der Waals surface area contributed by atoms with Crippen LogP contribution in [0.15, 0.2) is 30.3 Å². The van der Waals surface area contributed by atoms with Gasteiger partial charge in [-0.15, -0.1) is 0 Å². The summed E-state index contributed by atoms with van der Waals surface area (Å²) in [7, 11) is -3.41. The van der Waals surface area contributed by atoms with Gasteiger partial charge in [-0.25, -0.2) is 0 Å². The quantitative estimate of drug-likeness (QED) is 0.530. The summed E-state index contributed by atoms with van der Waals surface area (Å²) in [6, 6.07) is 9.81. The van der Waals surface area contributed by atoms with Crippen LogP contribution in [0.25, 0.3) is 0 Å². The number of rotatable bonds is 8. The number of ether oxygens (including phenoxy) is 2. The van der Waals surface area contributed by atoms with Crippen molar-refractivity contribution in [1.29, 1.82) is 0 Å². The molecule has 0 radical (unpaired) electrons. The minimum atomic E-state index is -3.41. The van der Waals surface area contributed by atoms with Gasteiger partial charge in [0.1, 0.15) is 0 Å². The summed E-state index contributed by atoms with van der Waals surface area (Å²) in [5.41, 5.74) is 1.09. The molecule has 0 bridgehead atoms. The molecule has 6 heteroatoms. The monoisotopic (exact) mass is 286 g/mol. The van der Waals surface area contributed by atoms with Crippen LogP contribution in [0.4, 0.5) is 0 Å². The van der Waals surface area contributed by atoms with Crippen LogP contribution in [0.3, 0.4) is 0 Å². The third-order valence-corrected chi connectivity index (χ3v) is 3.39. The highest BCUT2D eigenvalue weighted by atomic mass is 32.2. The van der Waals surface area contributed by atoms with Crippen LogP contribution in [0.2, 0.25) is 0 Å². The molecule has 5 nitrogen and oxygen atoms in total. The van der Waals surface area contributed by atoms with Crippen LogP contribution in [0, 0.1) is 5.92 Å². The first kappa shape index (κ1) is 14.5. The second kappa shape index (κ2) is 6.47. The summed E-state index contributed by atoms with van der Waals surface area (Å²) in [6.45, 7) is 1.68. The van der Waals surface area contributed by atoms with Gasteiger partial charge in [-0.3, -0.25) is 4.18 Å². The molecule has 0 aromatic heterocycles. The van der Waals surface area contributed by atoms with Gasteiger partial charge in [0.25, 0.3) is 10.1 Å². The molecule has 1 aromatic rings. The number of hydrogen-bond acceptors (Lipinski definition) is 5. The Morgan fingerprint density at radius 2 is 2.00 bits per heavy atom. The smallest absolute Gasteiger partial charge is 0.264 e. The van der Waals surface area contributed by atoms with Crippen molar-refractivity contribution in [3.63, 3.8) is 0 Å². The van der Waals surface area contributed by atoms with Gasteiger partial charge in [-0.2, -0.15) is 8.42 Å². The second-order valence-electron chi connectivity index (χ2n) is 4.62. The van der Waals surface area contributed by atoms with Gasteiger partial charge >= 0.3 is 0 Å². The van der Waals surface area contributed by atoms with Crippen molar-refractivity contribution in [2.45, 2.75) is 12.7 Å². The molecule has 1 saturated heterocycles. The van der Waals surface area contributed by atoms with Crippen LogP contribution < -0.4 is 0 Å². The van der Waals surface area contributed by atoms with Crippen molar-refractivity contribution in [2.24, 2.45) is 5.92 Å². The van der Waals surface area contributed by atoms with Crippen LogP contribution in [0.5, 0.6) is 0 Å². The van der Waals surface area contributed by atoms with E-state index < -0.39 is 10.1 Å². The minimum absolute atomic E-state index is 0.0431. The van der Waals surface area contributed by atoms with Crippen molar-refractivity contribution in [3.05, 3.63) is 35.9 Å². The molecule has 0 N–H and O–H groups in total. The lowest BCUT2D eigenvalue weighted by atomic mass is 10.1.